The Hall–Kier alpha value is -1.69. The van der Waals surface area contributed by atoms with Gasteiger partial charge in [-0.25, -0.2) is 9.97 Å². The molecule has 5 nitrogen and oxygen atoms in total. The smallest absolute Gasteiger partial charge is 0.287 e. The van der Waals surface area contributed by atoms with E-state index in [0.29, 0.717) is 12.4 Å². The van der Waals surface area contributed by atoms with Crippen molar-refractivity contribution in [3.63, 3.8) is 0 Å². The van der Waals surface area contributed by atoms with Crippen LogP contribution in [0.1, 0.15) is 27.7 Å². The van der Waals surface area contributed by atoms with Crippen molar-refractivity contribution in [2.45, 2.75) is 19.8 Å². The van der Waals surface area contributed by atoms with Gasteiger partial charge in [-0.1, -0.05) is 0 Å². The van der Waals surface area contributed by atoms with Crippen molar-refractivity contribution in [3.05, 3.63) is 34.3 Å². The summed E-state index contributed by atoms with van der Waals surface area (Å²) in [6.07, 6.45) is 4.98. The zero-order chi connectivity index (χ0) is 12.1. The number of carbonyl (C=O) groups is 1. The molecule has 0 saturated carbocycles. The van der Waals surface area contributed by atoms with Gasteiger partial charge >= 0.3 is 0 Å². The summed E-state index contributed by atoms with van der Waals surface area (Å²) in [5, 5.41) is 5.96. The van der Waals surface area contributed by atoms with Crippen molar-refractivity contribution in [2.24, 2.45) is 0 Å². The molecule has 0 saturated heterocycles. The molecule has 0 aliphatic carbocycles. The molecule has 2 aromatic rings. The molecular formula is C11H14N4OS. The molecule has 0 aliphatic heterocycles. The Bertz CT molecular complexity index is 477. The van der Waals surface area contributed by atoms with Crippen molar-refractivity contribution < 1.29 is 4.79 Å². The number of aromatic amines is 1. The Labute approximate surface area is 103 Å². The van der Waals surface area contributed by atoms with Gasteiger partial charge in [-0.2, -0.15) is 0 Å². The van der Waals surface area contributed by atoms with Crippen LogP contribution in [-0.4, -0.2) is 27.4 Å². The van der Waals surface area contributed by atoms with Gasteiger partial charge in [0.25, 0.3) is 5.91 Å². The highest BCUT2D eigenvalue weighted by Crippen LogP contribution is 2.10. The van der Waals surface area contributed by atoms with Crippen LogP contribution < -0.4 is 5.32 Å². The summed E-state index contributed by atoms with van der Waals surface area (Å²) in [6, 6.07) is 0. The fourth-order valence-electron chi connectivity index (χ4n) is 1.43. The van der Waals surface area contributed by atoms with Gasteiger partial charge in [-0.15, -0.1) is 11.3 Å². The quantitative estimate of drug-likeness (QED) is 0.791. The van der Waals surface area contributed by atoms with E-state index in [2.05, 4.69) is 20.3 Å². The molecule has 0 aliphatic rings. The standard InChI is InChI=1S/C11H14N4OS/c1-8-7-17-9(15-8)3-2-4-14-11(16)10-12-5-6-13-10/h5-7H,2-4H2,1H3,(H,12,13)(H,14,16). The lowest BCUT2D eigenvalue weighted by atomic mass is 10.3. The van der Waals surface area contributed by atoms with E-state index in [1.165, 1.54) is 0 Å². The highest BCUT2D eigenvalue weighted by atomic mass is 32.1. The van der Waals surface area contributed by atoms with Gasteiger partial charge in [0, 0.05) is 36.4 Å². The Kier molecular flexibility index (Phi) is 3.87. The molecule has 2 rings (SSSR count). The molecule has 0 radical (unpaired) electrons. The maximum Gasteiger partial charge on any atom is 0.287 e. The molecule has 0 unspecified atom stereocenters. The second-order valence-electron chi connectivity index (χ2n) is 3.68. The maximum atomic E-state index is 11.5. The van der Waals surface area contributed by atoms with Gasteiger partial charge in [0.1, 0.15) is 0 Å². The molecule has 2 heterocycles. The van der Waals surface area contributed by atoms with Crippen molar-refractivity contribution in [1.82, 2.24) is 20.3 Å². The molecule has 90 valence electrons. The van der Waals surface area contributed by atoms with E-state index in [4.69, 9.17) is 0 Å². The third kappa shape index (κ3) is 3.39. The van der Waals surface area contributed by atoms with E-state index in [0.717, 1.165) is 23.5 Å². The minimum absolute atomic E-state index is 0.162. The Balaban J connectivity index is 1.68. The zero-order valence-corrected chi connectivity index (χ0v) is 10.4. The van der Waals surface area contributed by atoms with Gasteiger partial charge in [-0.3, -0.25) is 4.79 Å². The zero-order valence-electron chi connectivity index (χ0n) is 9.56. The minimum atomic E-state index is -0.162. The van der Waals surface area contributed by atoms with Crippen LogP contribution in [0.3, 0.4) is 0 Å². The number of thiazole rings is 1. The van der Waals surface area contributed by atoms with Crippen molar-refractivity contribution in [1.29, 1.82) is 0 Å². The molecule has 0 bridgehead atoms. The number of amides is 1. The molecule has 0 spiro atoms. The van der Waals surface area contributed by atoms with Crippen LogP contribution >= 0.6 is 11.3 Å². The molecule has 2 aromatic heterocycles. The molecule has 0 atom stereocenters. The first kappa shape index (κ1) is 11.8. The second kappa shape index (κ2) is 5.58. The number of H-pyrrole nitrogens is 1. The average molecular weight is 250 g/mol. The second-order valence-corrected chi connectivity index (χ2v) is 4.62. The van der Waals surface area contributed by atoms with Crippen LogP contribution in [0.5, 0.6) is 0 Å². The number of nitrogens with zero attached hydrogens (tertiary/aromatic N) is 2. The number of hydrogen-bond donors (Lipinski definition) is 2. The van der Waals surface area contributed by atoms with E-state index in [1.807, 2.05) is 12.3 Å². The van der Waals surface area contributed by atoms with Gasteiger partial charge in [0.15, 0.2) is 5.82 Å². The SMILES string of the molecule is Cc1csc(CCCNC(=O)c2ncc[nH]2)n1. The third-order valence-electron chi connectivity index (χ3n) is 2.23. The molecule has 6 heteroatoms. The van der Waals surface area contributed by atoms with Crippen molar-refractivity contribution >= 4 is 17.2 Å². The summed E-state index contributed by atoms with van der Waals surface area (Å²) in [4.78, 5) is 22.5. The summed E-state index contributed by atoms with van der Waals surface area (Å²) < 4.78 is 0. The highest BCUT2D eigenvalue weighted by Gasteiger charge is 2.06. The van der Waals surface area contributed by atoms with E-state index < -0.39 is 0 Å². The lowest BCUT2D eigenvalue weighted by Crippen LogP contribution is -2.25. The van der Waals surface area contributed by atoms with Gasteiger partial charge in [0.2, 0.25) is 0 Å². The van der Waals surface area contributed by atoms with Crippen molar-refractivity contribution in [3.8, 4) is 0 Å². The number of rotatable bonds is 5. The van der Waals surface area contributed by atoms with Crippen LogP contribution in [0.2, 0.25) is 0 Å². The number of aromatic nitrogens is 3. The lowest BCUT2D eigenvalue weighted by molar-refractivity contribution is 0.0944. The van der Waals surface area contributed by atoms with E-state index >= 15 is 0 Å². The Morgan fingerprint density at radius 1 is 1.59 bits per heavy atom. The average Bonchev–Trinajstić information content (AvgIpc) is 2.95. The van der Waals surface area contributed by atoms with Crippen LogP contribution in [0, 0.1) is 6.92 Å². The fourth-order valence-corrected chi connectivity index (χ4v) is 2.25. The predicted molar refractivity (Wildman–Crippen MR) is 66.1 cm³/mol. The monoisotopic (exact) mass is 250 g/mol. The molecule has 0 aromatic carbocycles. The fraction of sp³-hybridized carbons (Fsp3) is 0.364. The molecular weight excluding hydrogens is 236 g/mol. The number of carbonyl (C=O) groups excluding carboxylic acids is 1. The predicted octanol–water partition coefficient (Wildman–Crippen LogP) is 1.54. The molecule has 17 heavy (non-hydrogen) atoms. The van der Waals surface area contributed by atoms with E-state index in [-0.39, 0.29) is 5.91 Å². The minimum Gasteiger partial charge on any atom is -0.349 e. The van der Waals surface area contributed by atoms with Gasteiger partial charge in [-0.05, 0) is 13.3 Å². The molecule has 1 amide bonds. The number of imidazole rings is 1. The van der Waals surface area contributed by atoms with Crippen LogP contribution in [0.4, 0.5) is 0 Å². The van der Waals surface area contributed by atoms with E-state index in [1.54, 1.807) is 23.7 Å². The summed E-state index contributed by atoms with van der Waals surface area (Å²) in [5.74, 6) is 0.195. The van der Waals surface area contributed by atoms with E-state index in [9.17, 15) is 4.79 Å². The number of hydrogen-bond acceptors (Lipinski definition) is 4. The first-order valence-electron chi connectivity index (χ1n) is 5.44. The summed E-state index contributed by atoms with van der Waals surface area (Å²) in [6.45, 7) is 2.62. The Morgan fingerprint density at radius 3 is 3.12 bits per heavy atom. The highest BCUT2D eigenvalue weighted by molar-refractivity contribution is 7.09. The number of aryl methyl sites for hydroxylation is 2. The molecule has 2 N–H and O–H groups in total. The van der Waals surface area contributed by atoms with Crippen LogP contribution in [-0.2, 0) is 6.42 Å². The van der Waals surface area contributed by atoms with Crippen LogP contribution in [0.25, 0.3) is 0 Å². The first-order valence-corrected chi connectivity index (χ1v) is 6.32. The summed E-state index contributed by atoms with van der Waals surface area (Å²) in [7, 11) is 0. The number of nitrogens with one attached hydrogen (secondary N) is 2. The summed E-state index contributed by atoms with van der Waals surface area (Å²) in [5.41, 5.74) is 1.06. The maximum absolute atomic E-state index is 11.5. The van der Waals surface area contributed by atoms with Gasteiger partial charge in [0.05, 0.1) is 5.01 Å². The topological polar surface area (TPSA) is 70.7 Å². The van der Waals surface area contributed by atoms with Crippen LogP contribution in [0.15, 0.2) is 17.8 Å². The van der Waals surface area contributed by atoms with Crippen molar-refractivity contribution in [2.75, 3.05) is 6.54 Å². The largest absolute Gasteiger partial charge is 0.349 e. The summed E-state index contributed by atoms with van der Waals surface area (Å²) >= 11 is 1.66. The Morgan fingerprint density at radius 2 is 2.47 bits per heavy atom. The first-order chi connectivity index (χ1) is 8.25. The lowest BCUT2D eigenvalue weighted by Gasteiger charge is -2.01. The molecule has 0 fully saturated rings. The third-order valence-corrected chi connectivity index (χ3v) is 3.26. The normalized spacial score (nSPS) is 10.4. The van der Waals surface area contributed by atoms with Gasteiger partial charge < -0.3 is 10.3 Å².